The van der Waals surface area contributed by atoms with Crippen LogP contribution in [0, 0.1) is 11.6 Å². The van der Waals surface area contributed by atoms with Crippen LogP contribution in [0.2, 0.25) is 0 Å². The number of para-hydroxylation sites is 1. The van der Waals surface area contributed by atoms with Gasteiger partial charge in [-0.05, 0) is 48.4 Å². The van der Waals surface area contributed by atoms with Crippen LogP contribution in [0.25, 0.3) is 5.57 Å². The fourth-order valence-electron chi connectivity index (χ4n) is 3.38. The van der Waals surface area contributed by atoms with E-state index in [1.54, 1.807) is 54.6 Å². The number of anilines is 2. The fourth-order valence-corrected chi connectivity index (χ4v) is 3.38. The summed E-state index contributed by atoms with van der Waals surface area (Å²) in [6.45, 7) is 2.56. The summed E-state index contributed by atoms with van der Waals surface area (Å²) in [7, 11) is 0. The van der Waals surface area contributed by atoms with E-state index in [9.17, 15) is 18.4 Å². The van der Waals surface area contributed by atoms with Crippen molar-refractivity contribution >= 4 is 28.8 Å². The Balaban J connectivity index is 1.76. The van der Waals surface area contributed by atoms with Crippen LogP contribution in [0.3, 0.4) is 0 Å². The molecule has 1 aliphatic rings. The average Bonchev–Trinajstić information content (AvgIpc) is 3.05. The van der Waals surface area contributed by atoms with E-state index in [2.05, 4.69) is 5.32 Å². The largest absolute Gasteiger partial charge is 0.494 e. The molecule has 3 aromatic rings. The zero-order valence-corrected chi connectivity index (χ0v) is 17.3. The first-order valence-electron chi connectivity index (χ1n) is 10.1. The number of hydrogen-bond acceptors (Lipinski definition) is 4. The number of carbonyl (C=O) groups is 2. The molecular weight excluding hydrogens is 414 g/mol. The molecule has 1 aliphatic heterocycles. The molecule has 2 amide bonds. The Labute approximate surface area is 183 Å². The van der Waals surface area contributed by atoms with E-state index >= 15 is 0 Å². The maximum absolute atomic E-state index is 13.7. The van der Waals surface area contributed by atoms with E-state index in [0.717, 1.165) is 23.5 Å². The van der Waals surface area contributed by atoms with Crippen molar-refractivity contribution in [1.29, 1.82) is 0 Å². The van der Waals surface area contributed by atoms with Crippen molar-refractivity contribution in [2.75, 3.05) is 16.8 Å². The molecule has 0 fully saturated rings. The number of hydrogen-bond donors (Lipinski definition) is 1. The summed E-state index contributed by atoms with van der Waals surface area (Å²) in [6, 6.07) is 18.5. The number of nitrogens with zero attached hydrogens (tertiary/aromatic N) is 1. The van der Waals surface area contributed by atoms with Crippen LogP contribution in [0.4, 0.5) is 20.2 Å². The summed E-state index contributed by atoms with van der Waals surface area (Å²) < 4.78 is 32.7. The Morgan fingerprint density at radius 3 is 2.25 bits per heavy atom. The summed E-state index contributed by atoms with van der Waals surface area (Å²) >= 11 is 0. The molecule has 4 rings (SSSR count). The van der Waals surface area contributed by atoms with E-state index in [4.69, 9.17) is 4.74 Å². The lowest BCUT2D eigenvalue weighted by Crippen LogP contribution is -2.32. The normalized spacial score (nSPS) is 13.7. The Hall–Kier alpha value is -4.00. The molecule has 3 aromatic carbocycles. The molecule has 1 N–H and O–H groups in total. The lowest BCUT2D eigenvalue weighted by Gasteiger charge is -2.15. The summed E-state index contributed by atoms with van der Waals surface area (Å²) in [5.41, 5.74) is 1.16. The highest BCUT2D eigenvalue weighted by Gasteiger charge is 2.40. The molecule has 1 heterocycles. The van der Waals surface area contributed by atoms with Gasteiger partial charge in [-0.3, -0.25) is 9.59 Å². The maximum atomic E-state index is 13.7. The molecule has 0 bridgehead atoms. The highest BCUT2D eigenvalue weighted by Crippen LogP contribution is 2.34. The van der Waals surface area contributed by atoms with Gasteiger partial charge in [-0.1, -0.05) is 37.3 Å². The third-order valence-corrected chi connectivity index (χ3v) is 4.90. The van der Waals surface area contributed by atoms with E-state index in [-0.39, 0.29) is 17.0 Å². The summed E-state index contributed by atoms with van der Waals surface area (Å²) in [5, 5.41) is 2.82. The molecule has 0 spiro atoms. The molecule has 162 valence electrons. The number of carbonyl (C=O) groups excluding carboxylic acids is 2. The zero-order chi connectivity index (χ0) is 22.7. The van der Waals surface area contributed by atoms with Crippen LogP contribution in [0.15, 0.2) is 78.5 Å². The predicted octanol–water partition coefficient (Wildman–Crippen LogP) is 5.15. The molecular formula is C25H20F2N2O3. The van der Waals surface area contributed by atoms with Gasteiger partial charge in [-0.15, -0.1) is 0 Å². The van der Waals surface area contributed by atoms with E-state index < -0.39 is 23.4 Å². The van der Waals surface area contributed by atoms with Crippen molar-refractivity contribution in [2.45, 2.75) is 13.3 Å². The van der Waals surface area contributed by atoms with E-state index in [0.29, 0.717) is 23.6 Å². The van der Waals surface area contributed by atoms with Crippen molar-refractivity contribution in [3.05, 3.63) is 95.7 Å². The van der Waals surface area contributed by atoms with Gasteiger partial charge in [-0.25, -0.2) is 13.7 Å². The molecule has 0 saturated heterocycles. The molecule has 0 unspecified atom stereocenters. The number of halogens is 2. The Bertz CT molecular complexity index is 1190. The topological polar surface area (TPSA) is 58.6 Å². The van der Waals surface area contributed by atoms with Crippen molar-refractivity contribution in [3.63, 3.8) is 0 Å². The number of amides is 2. The van der Waals surface area contributed by atoms with E-state index in [1.165, 1.54) is 6.07 Å². The number of nitrogens with one attached hydrogen (secondary N) is 1. The van der Waals surface area contributed by atoms with Gasteiger partial charge in [0, 0.05) is 11.8 Å². The van der Waals surface area contributed by atoms with Crippen LogP contribution in [0.5, 0.6) is 5.75 Å². The van der Waals surface area contributed by atoms with Crippen LogP contribution in [-0.2, 0) is 9.59 Å². The third kappa shape index (κ3) is 4.09. The minimum absolute atomic E-state index is 0.0212. The molecule has 32 heavy (non-hydrogen) atoms. The van der Waals surface area contributed by atoms with Gasteiger partial charge in [-0.2, -0.15) is 0 Å². The van der Waals surface area contributed by atoms with Crippen molar-refractivity contribution in [2.24, 2.45) is 0 Å². The van der Waals surface area contributed by atoms with Gasteiger partial charge in [0.2, 0.25) is 0 Å². The van der Waals surface area contributed by atoms with Crippen molar-refractivity contribution < 1.29 is 23.1 Å². The van der Waals surface area contributed by atoms with Gasteiger partial charge < -0.3 is 10.1 Å². The lowest BCUT2D eigenvalue weighted by molar-refractivity contribution is -0.120. The molecule has 5 nitrogen and oxygen atoms in total. The summed E-state index contributed by atoms with van der Waals surface area (Å²) in [5.74, 6) is -2.54. The summed E-state index contributed by atoms with van der Waals surface area (Å²) in [4.78, 5) is 27.6. The quantitative estimate of drug-likeness (QED) is 0.523. The third-order valence-electron chi connectivity index (χ3n) is 4.90. The molecule has 0 atom stereocenters. The lowest BCUT2D eigenvalue weighted by atomic mass is 10.0. The standard InChI is InChI=1S/C25H20F2N2O3/c1-2-14-32-19-11-8-16(9-12-19)22-23(28-17-10-13-20(26)21(27)15-17)25(31)29(24(22)30)18-6-4-3-5-7-18/h3-13,15,28H,2,14H2,1H3. The Morgan fingerprint density at radius 1 is 0.875 bits per heavy atom. The second kappa shape index (κ2) is 9.01. The van der Waals surface area contributed by atoms with E-state index in [1.807, 2.05) is 6.92 Å². The van der Waals surface area contributed by atoms with Gasteiger partial charge in [0.1, 0.15) is 11.4 Å². The smallest absolute Gasteiger partial charge is 0.282 e. The Morgan fingerprint density at radius 2 is 1.59 bits per heavy atom. The van der Waals surface area contributed by atoms with Crippen LogP contribution in [-0.4, -0.2) is 18.4 Å². The van der Waals surface area contributed by atoms with Crippen LogP contribution < -0.4 is 15.0 Å². The second-order valence-electron chi connectivity index (χ2n) is 7.16. The minimum Gasteiger partial charge on any atom is -0.494 e. The first-order chi connectivity index (χ1) is 15.5. The second-order valence-corrected chi connectivity index (χ2v) is 7.16. The SMILES string of the molecule is CCCOc1ccc(C2=C(Nc3ccc(F)c(F)c3)C(=O)N(c3ccccc3)C2=O)cc1. The van der Waals surface area contributed by atoms with Gasteiger partial charge in [0.05, 0.1) is 17.9 Å². The predicted molar refractivity (Wildman–Crippen MR) is 118 cm³/mol. The summed E-state index contributed by atoms with van der Waals surface area (Å²) in [6.07, 6.45) is 0.855. The number of benzene rings is 3. The Kier molecular flexibility index (Phi) is 5.98. The number of imide groups is 1. The average molecular weight is 434 g/mol. The molecule has 0 aromatic heterocycles. The minimum atomic E-state index is -1.06. The number of ether oxygens (including phenoxy) is 1. The van der Waals surface area contributed by atoms with Crippen molar-refractivity contribution in [1.82, 2.24) is 0 Å². The highest BCUT2D eigenvalue weighted by molar-refractivity contribution is 6.46. The van der Waals surface area contributed by atoms with Gasteiger partial charge >= 0.3 is 0 Å². The molecule has 0 saturated carbocycles. The highest BCUT2D eigenvalue weighted by atomic mass is 19.2. The van der Waals surface area contributed by atoms with Crippen LogP contribution >= 0.6 is 0 Å². The van der Waals surface area contributed by atoms with Gasteiger partial charge in [0.25, 0.3) is 11.8 Å². The molecule has 0 radical (unpaired) electrons. The van der Waals surface area contributed by atoms with Crippen LogP contribution in [0.1, 0.15) is 18.9 Å². The fraction of sp³-hybridized carbons (Fsp3) is 0.120. The molecule has 7 heteroatoms. The first-order valence-corrected chi connectivity index (χ1v) is 10.1. The molecule has 0 aliphatic carbocycles. The number of rotatable bonds is 7. The maximum Gasteiger partial charge on any atom is 0.282 e. The monoisotopic (exact) mass is 434 g/mol. The van der Waals surface area contributed by atoms with Crippen molar-refractivity contribution in [3.8, 4) is 5.75 Å². The first kappa shape index (κ1) is 21.2. The zero-order valence-electron chi connectivity index (χ0n) is 17.3. The van der Waals surface area contributed by atoms with Gasteiger partial charge in [0.15, 0.2) is 11.6 Å².